The maximum absolute atomic E-state index is 13.4. The molecule has 776 valence electrons. The Hall–Kier alpha value is -12.4. The molecule has 0 aliphatic carbocycles. The van der Waals surface area contributed by atoms with Crippen LogP contribution >= 0.6 is 47.8 Å². The van der Waals surface area contributed by atoms with E-state index in [1.165, 1.54) is 9.80 Å². The fourth-order valence-corrected chi connectivity index (χ4v) is 17.8. The standard InChI is InChI=1S/C23H23N7O3.C23H28N4O6.C19H23BrN2O6.C14H14BrNO5.C10H17BN2O2.C6H12O2.C4H5BrN2/c1-4-17-6-16(12-32-17)30-20-18-5-13(14-8-25-28(2)10-14)7-24-22(18)33-21(20)19(27-23(30)31)15-9-26-29(3)11-15;1-5-17-9-16(13-32-17)27(23(29)31-7-3)19-18-8-14(15-11-25-26(4)12-15)10-24-21(18)33-20(19)22(28)30-6-2;1-4-13-8-12(10-27-13)22(19(24)26-6-3)15-14-7-11(20)9-21-17(14)28-16(15)18(23)25-5-2;1-3-19-11(17)6-9-10-5-8(15)7-16-13(10)21-12(9)14(18)20-4-2;1-9(2)10(3,4)15-11(14-9)8-6-12-13(5)7-8;1-2-6-3-5(7)4-8-6;1-7-3-4(5)2-6-7/h5,7-11,16-17H,4,6,12H2,1-3H3;8,10-12,16-17H,5-7,9,13H2,1-4H3;7,9,12-13H,4-6,8,10H2,1-3H3;5,7H,3-4,6H2,1-2H3;6-7H,1-5H3;5-7H,2-4H2,1H3;2-3H,1H3/t2*16-,17+;12-,13+;;;5-,6-;/m100..0./s1. The quantitative estimate of drug-likeness (QED) is 0.0333. The molecule has 2 amide bonds. The maximum Gasteiger partial charge on any atom is 0.498 e. The first-order valence-corrected chi connectivity index (χ1v) is 50.5. The van der Waals surface area contributed by atoms with Crippen LogP contribution in [0.2, 0.25) is 0 Å². The molecule has 0 bridgehead atoms. The highest BCUT2D eigenvalue weighted by molar-refractivity contribution is 9.11. The molecule has 19 heterocycles. The van der Waals surface area contributed by atoms with Gasteiger partial charge in [0.2, 0.25) is 40.1 Å². The molecule has 0 saturated carbocycles. The largest absolute Gasteiger partial charge is 0.498 e. The van der Waals surface area contributed by atoms with Crippen LogP contribution in [0.5, 0.6) is 0 Å². The second kappa shape index (κ2) is 49.7. The van der Waals surface area contributed by atoms with Crippen molar-refractivity contribution in [2.75, 3.05) is 75.9 Å². The summed E-state index contributed by atoms with van der Waals surface area (Å²) in [4.78, 5) is 113. The third-order valence-electron chi connectivity index (χ3n) is 24.6. The number of esters is 4. The monoisotopic (exact) mass is 2190 g/mol. The van der Waals surface area contributed by atoms with Gasteiger partial charge in [0, 0.05) is 157 Å². The molecule has 14 aromatic rings. The number of pyridine rings is 4. The van der Waals surface area contributed by atoms with Gasteiger partial charge in [0.1, 0.15) is 22.6 Å². The number of furan rings is 4. The Labute approximate surface area is 861 Å². The summed E-state index contributed by atoms with van der Waals surface area (Å²) in [7, 11) is 8.98. The van der Waals surface area contributed by atoms with Crippen molar-refractivity contribution < 1.29 is 108 Å². The number of hydrogen-bond acceptors (Lipinski definition) is 34. The topological polar surface area (TPSA) is 468 Å². The van der Waals surface area contributed by atoms with Crippen LogP contribution < -0.4 is 21.0 Å². The molecule has 5 fully saturated rings. The summed E-state index contributed by atoms with van der Waals surface area (Å²) in [5.74, 6) is -2.56. The number of anilines is 2. The lowest BCUT2D eigenvalue weighted by Gasteiger charge is -2.32. The molecule has 19 rings (SSSR count). The number of hydrogen-bond donors (Lipinski definition) is 1. The molecular formula is C99H122BBr3N18O24. The normalized spacial score (nSPS) is 18.5. The van der Waals surface area contributed by atoms with Crippen LogP contribution in [0, 0.1) is 0 Å². The highest BCUT2D eigenvalue weighted by atomic mass is 79.9. The Bertz CT molecular complexity index is 6860. The number of nitrogens with zero attached hydrogens (tertiary/aromatic N) is 18. The molecule has 46 heteroatoms. The minimum Gasteiger partial charge on any atom is -0.466 e. The van der Waals surface area contributed by atoms with Crippen molar-refractivity contribution in [2.45, 2.75) is 215 Å². The summed E-state index contributed by atoms with van der Waals surface area (Å²) < 4.78 is 101. The van der Waals surface area contributed by atoms with E-state index in [1.54, 1.807) is 137 Å². The zero-order valence-corrected chi connectivity index (χ0v) is 89.3. The summed E-state index contributed by atoms with van der Waals surface area (Å²) in [6.45, 7) is 29.6. The molecule has 0 radical (unpaired) electrons. The predicted octanol–water partition coefficient (Wildman–Crippen LogP) is 16.6. The molecule has 0 unspecified atom stereocenters. The first-order chi connectivity index (χ1) is 69.5. The van der Waals surface area contributed by atoms with E-state index in [2.05, 4.69) is 112 Å². The summed E-state index contributed by atoms with van der Waals surface area (Å²) in [5, 5.41) is 32.0. The molecule has 0 spiro atoms. The van der Waals surface area contributed by atoms with Crippen molar-refractivity contribution in [1.82, 2.24) is 78.4 Å². The van der Waals surface area contributed by atoms with E-state index in [4.69, 9.17) is 79.5 Å². The van der Waals surface area contributed by atoms with E-state index in [1.807, 2.05) is 120 Å². The second-order valence-electron chi connectivity index (χ2n) is 35.4. The van der Waals surface area contributed by atoms with E-state index in [0.717, 1.165) is 80.6 Å². The lowest BCUT2D eigenvalue weighted by molar-refractivity contribution is -0.142. The fraction of sp³-hybridized carbons (Fsp3) is 0.485. The average molecular weight is 2200 g/mol. The van der Waals surface area contributed by atoms with E-state index in [9.17, 15) is 33.6 Å². The number of aliphatic hydroxyl groups is 1. The van der Waals surface area contributed by atoms with Crippen molar-refractivity contribution in [3.05, 3.63) is 158 Å². The van der Waals surface area contributed by atoms with Gasteiger partial charge in [-0.2, -0.15) is 30.5 Å². The molecular weight excluding hydrogens is 2080 g/mol. The smallest absolute Gasteiger partial charge is 0.466 e. The van der Waals surface area contributed by atoms with Gasteiger partial charge in [-0.25, -0.2) is 48.7 Å². The molecule has 42 nitrogen and oxygen atoms in total. The van der Waals surface area contributed by atoms with Crippen LogP contribution in [0.15, 0.2) is 147 Å². The summed E-state index contributed by atoms with van der Waals surface area (Å²) in [5.41, 5.74) is 8.10. The van der Waals surface area contributed by atoms with Crippen LogP contribution in [0.1, 0.15) is 192 Å². The third-order valence-corrected chi connectivity index (χ3v) is 25.8. The predicted molar refractivity (Wildman–Crippen MR) is 546 cm³/mol. The van der Waals surface area contributed by atoms with Crippen molar-refractivity contribution >= 4 is 163 Å². The Balaban J connectivity index is 0.000000149. The average Bonchev–Trinajstić information content (AvgIpc) is 1.55. The maximum atomic E-state index is 13.4. The first kappa shape index (κ1) is 110. The molecule has 145 heavy (non-hydrogen) atoms. The highest BCUT2D eigenvalue weighted by Crippen LogP contribution is 2.44. The molecule has 0 aromatic carbocycles. The van der Waals surface area contributed by atoms with Crippen molar-refractivity contribution in [1.29, 1.82) is 0 Å². The van der Waals surface area contributed by atoms with Gasteiger partial charge < -0.3 is 79.5 Å². The van der Waals surface area contributed by atoms with Crippen molar-refractivity contribution in [3.8, 4) is 33.5 Å². The zero-order chi connectivity index (χ0) is 104. The Morgan fingerprint density at radius 1 is 0.434 bits per heavy atom. The lowest BCUT2D eigenvalue weighted by Crippen LogP contribution is -2.42. The first-order valence-electron chi connectivity index (χ1n) is 48.1. The van der Waals surface area contributed by atoms with E-state index < -0.39 is 36.1 Å². The number of aliphatic hydroxyl groups excluding tert-OH is 1. The van der Waals surface area contributed by atoms with Crippen molar-refractivity contribution in [3.63, 3.8) is 0 Å². The summed E-state index contributed by atoms with van der Waals surface area (Å²) >= 11 is 9.94. The zero-order valence-electron chi connectivity index (χ0n) is 84.5. The number of carbonyl (C=O) groups excluding carboxylic acids is 6. The Morgan fingerprint density at radius 3 is 1.26 bits per heavy atom. The van der Waals surface area contributed by atoms with Gasteiger partial charge in [-0.05, 0) is 186 Å². The van der Waals surface area contributed by atoms with Crippen LogP contribution in [-0.4, -0.2) is 247 Å². The number of ether oxygens (including phenoxy) is 10. The third kappa shape index (κ3) is 26.4. The number of rotatable bonds is 24. The van der Waals surface area contributed by atoms with Gasteiger partial charge in [-0.3, -0.25) is 42.6 Å². The van der Waals surface area contributed by atoms with Gasteiger partial charge >= 0.3 is 48.9 Å². The number of halogens is 3. The summed E-state index contributed by atoms with van der Waals surface area (Å²) in [6.07, 6.45) is 30.1. The minimum atomic E-state index is -0.673. The SMILES string of the molecule is CCOC(=O)Cc1c(C(=O)OCC)oc2ncc(Br)cc12.CCOC(=O)c1oc2ncc(-c3cnn(C)c3)cc2c1N(C(=O)OCC)[C@@H]1CO[C@H](CC)C1.CCOC(=O)c1oc2ncc(Br)cc2c1N(C(=O)OCC)[C@@H]1CO[C@H](CC)C1.CC[C@H]1C[C@@H](n2c(=O)nc(-c3cnn(C)c3)c3oc4ncc(-c5cnn(C)c5)cc4c32)CO1.CC[C@H]1C[C@H](O)CO1.Cn1cc(B2OC(C)(C)C(C)(C)O2)cn1.Cn1cc(Br)cn1. The van der Waals surface area contributed by atoms with Crippen LogP contribution in [0.4, 0.5) is 21.0 Å². The van der Waals surface area contributed by atoms with E-state index in [0.29, 0.717) is 105 Å². The number of fused-ring (bicyclic) bond motifs is 6. The summed E-state index contributed by atoms with van der Waals surface area (Å²) in [6, 6.07) is 6.58. The number of amides is 2. The molecule has 14 aromatic heterocycles. The molecule has 5 saturated heterocycles. The molecule has 8 atom stereocenters. The van der Waals surface area contributed by atoms with Crippen LogP contribution in [0.25, 0.3) is 89.0 Å². The number of aromatic nitrogens is 16. The minimum absolute atomic E-state index is 0.00879. The fourth-order valence-electron chi connectivity index (χ4n) is 16.8. The highest BCUT2D eigenvalue weighted by Gasteiger charge is 2.52. The van der Waals surface area contributed by atoms with Gasteiger partial charge in [-0.15, -0.1) is 0 Å². The molecule has 5 aliphatic heterocycles. The molecule has 1 N–H and O–H groups in total. The van der Waals surface area contributed by atoms with E-state index >= 15 is 0 Å². The van der Waals surface area contributed by atoms with Gasteiger partial charge in [0.15, 0.2) is 5.58 Å². The molecule has 5 aliphatic rings. The van der Waals surface area contributed by atoms with Gasteiger partial charge in [0.05, 0.1) is 178 Å². The lowest BCUT2D eigenvalue weighted by atomic mass is 9.82. The second-order valence-corrected chi connectivity index (χ2v) is 38.1. The van der Waals surface area contributed by atoms with Gasteiger partial charge in [0.25, 0.3) is 0 Å². The van der Waals surface area contributed by atoms with Crippen LogP contribution in [0.3, 0.4) is 0 Å². The number of carbonyl (C=O) groups is 6. The van der Waals surface area contributed by atoms with Gasteiger partial charge in [-0.1, -0.05) is 27.7 Å². The number of aryl methyl sites for hydroxylation is 5. The van der Waals surface area contributed by atoms with E-state index in [-0.39, 0.29) is 153 Å². The van der Waals surface area contributed by atoms with Crippen LogP contribution in [-0.2, 0) is 103 Å². The van der Waals surface area contributed by atoms with Crippen molar-refractivity contribution in [2.24, 2.45) is 35.2 Å². The Kier molecular flexibility index (Phi) is 37.6. The Morgan fingerprint density at radius 2 is 0.841 bits per heavy atom.